The molecule has 1 aliphatic heterocycles. The predicted molar refractivity (Wildman–Crippen MR) is 95.7 cm³/mol. The number of hydrogen-bond acceptors (Lipinski definition) is 4. The molecule has 2 aromatic carbocycles. The van der Waals surface area contributed by atoms with Crippen LogP contribution in [-0.2, 0) is 11.2 Å². The van der Waals surface area contributed by atoms with Crippen molar-refractivity contribution in [3.05, 3.63) is 47.5 Å². The molecular weight excluding hydrogens is 320 g/mol. The summed E-state index contributed by atoms with van der Waals surface area (Å²) < 4.78 is 10.5. The molecule has 0 radical (unpaired) electrons. The fourth-order valence-electron chi connectivity index (χ4n) is 2.97. The number of hydrogen-bond donors (Lipinski definition) is 1. The number of fused-ring (bicyclic) bond motifs is 1. The number of carbonyl (C=O) groups is 2. The molecule has 0 unspecified atom stereocenters. The number of rotatable bonds is 4. The Hall–Kier alpha value is -3.02. The normalized spacial score (nSPS) is 12.5. The molecule has 0 atom stereocenters. The number of nitrogens with one attached hydrogen (secondary N) is 1. The summed E-state index contributed by atoms with van der Waals surface area (Å²) in [7, 11) is 3.11. The van der Waals surface area contributed by atoms with Crippen LogP contribution in [0.2, 0.25) is 0 Å². The van der Waals surface area contributed by atoms with Gasteiger partial charge in [-0.2, -0.15) is 0 Å². The van der Waals surface area contributed by atoms with E-state index in [1.807, 2.05) is 12.1 Å². The van der Waals surface area contributed by atoms with E-state index in [2.05, 4.69) is 5.32 Å². The van der Waals surface area contributed by atoms with Crippen LogP contribution in [0, 0.1) is 0 Å². The Morgan fingerprint density at radius 3 is 2.56 bits per heavy atom. The van der Waals surface area contributed by atoms with Gasteiger partial charge in [-0.05, 0) is 42.3 Å². The number of amides is 2. The van der Waals surface area contributed by atoms with Crippen molar-refractivity contribution in [2.75, 3.05) is 31.0 Å². The largest absolute Gasteiger partial charge is 0.497 e. The summed E-state index contributed by atoms with van der Waals surface area (Å²) in [5, 5.41) is 2.85. The smallest absolute Gasteiger partial charge is 0.255 e. The molecule has 0 fully saturated rings. The van der Waals surface area contributed by atoms with Gasteiger partial charge in [0.1, 0.15) is 11.5 Å². The van der Waals surface area contributed by atoms with Gasteiger partial charge >= 0.3 is 0 Å². The zero-order chi connectivity index (χ0) is 18.0. The summed E-state index contributed by atoms with van der Waals surface area (Å²) in [4.78, 5) is 25.9. The molecule has 2 amide bonds. The fraction of sp³-hybridized carbons (Fsp3) is 0.263. The zero-order valence-corrected chi connectivity index (χ0v) is 14.5. The summed E-state index contributed by atoms with van der Waals surface area (Å²) in [6.07, 6.45) is 0.752. The minimum absolute atomic E-state index is 0.0129. The van der Waals surface area contributed by atoms with Crippen LogP contribution in [-0.4, -0.2) is 32.6 Å². The van der Waals surface area contributed by atoms with Crippen molar-refractivity contribution in [2.45, 2.75) is 13.3 Å². The van der Waals surface area contributed by atoms with Gasteiger partial charge in [0.25, 0.3) is 5.91 Å². The number of methoxy groups -OCH3 is 2. The van der Waals surface area contributed by atoms with E-state index in [0.717, 1.165) is 17.7 Å². The predicted octanol–water partition coefficient (Wildman–Crippen LogP) is 2.87. The fourth-order valence-corrected chi connectivity index (χ4v) is 2.97. The molecule has 2 aromatic rings. The van der Waals surface area contributed by atoms with Gasteiger partial charge in [0.05, 0.1) is 19.9 Å². The minimum Gasteiger partial charge on any atom is -0.497 e. The van der Waals surface area contributed by atoms with Crippen LogP contribution in [0.3, 0.4) is 0 Å². The first-order chi connectivity index (χ1) is 12.0. The van der Waals surface area contributed by atoms with Crippen LogP contribution >= 0.6 is 0 Å². The second-order valence-corrected chi connectivity index (χ2v) is 5.78. The third kappa shape index (κ3) is 3.28. The van der Waals surface area contributed by atoms with E-state index in [0.29, 0.717) is 29.3 Å². The maximum atomic E-state index is 12.6. The summed E-state index contributed by atoms with van der Waals surface area (Å²) in [5.74, 6) is 0.958. The summed E-state index contributed by atoms with van der Waals surface area (Å²) in [6, 6.07) is 10.6. The van der Waals surface area contributed by atoms with E-state index in [-0.39, 0.29) is 11.8 Å². The maximum absolute atomic E-state index is 12.6. The van der Waals surface area contributed by atoms with E-state index < -0.39 is 0 Å². The number of nitrogens with zero attached hydrogens (tertiary/aromatic N) is 1. The van der Waals surface area contributed by atoms with E-state index in [4.69, 9.17) is 9.47 Å². The molecule has 0 saturated carbocycles. The molecule has 6 nitrogen and oxygen atoms in total. The van der Waals surface area contributed by atoms with Gasteiger partial charge in [-0.1, -0.05) is 0 Å². The molecule has 0 aromatic heterocycles. The second kappa shape index (κ2) is 6.84. The van der Waals surface area contributed by atoms with Gasteiger partial charge in [0.2, 0.25) is 5.91 Å². The van der Waals surface area contributed by atoms with Crippen LogP contribution < -0.4 is 19.7 Å². The number of benzene rings is 2. The highest BCUT2D eigenvalue weighted by Crippen LogP contribution is 2.31. The Morgan fingerprint density at radius 2 is 1.88 bits per heavy atom. The summed E-state index contributed by atoms with van der Waals surface area (Å²) >= 11 is 0. The number of ether oxygens (including phenoxy) is 2. The van der Waals surface area contributed by atoms with Gasteiger partial charge in [0.15, 0.2) is 0 Å². The second-order valence-electron chi connectivity index (χ2n) is 5.78. The molecule has 0 bridgehead atoms. The minimum atomic E-state index is -0.229. The van der Waals surface area contributed by atoms with E-state index in [1.54, 1.807) is 43.2 Å². The van der Waals surface area contributed by atoms with Crippen LogP contribution in [0.5, 0.6) is 11.5 Å². The average Bonchev–Trinajstić information content (AvgIpc) is 3.05. The highest BCUT2D eigenvalue weighted by Gasteiger charge is 2.23. The lowest BCUT2D eigenvalue weighted by Crippen LogP contribution is -2.25. The lowest BCUT2D eigenvalue weighted by atomic mass is 10.1. The quantitative estimate of drug-likeness (QED) is 0.929. The van der Waals surface area contributed by atoms with Gasteiger partial charge in [-0.25, -0.2) is 0 Å². The van der Waals surface area contributed by atoms with Crippen molar-refractivity contribution in [3.63, 3.8) is 0 Å². The molecule has 0 spiro atoms. The van der Waals surface area contributed by atoms with Gasteiger partial charge in [0, 0.05) is 30.8 Å². The Balaban J connectivity index is 1.82. The monoisotopic (exact) mass is 340 g/mol. The average molecular weight is 340 g/mol. The molecule has 3 rings (SSSR count). The van der Waals surface area contributed by atoms with Gasteiger partial charge in [-0.15, -0.1) is 0 Å². The van der Waals surface area contributed by atoms with Crippen molar-refractivity contribution in [3.8, 4) is 11.5 Å². The standard InChI is InChI=1S/C19H20N2O4/c1-12(22)21-9-8-13-10-14(4-7-17(13)21)19(23)20-16-6-5-15(24-2)11-18(16)25-3/h4-7,10-11H,8-9H2,1-3H3,(H,20,23). The maximum Gasteiger partial charge on any atom is 0.255 e. The first-order valence-electron chi connectivity index (χ1n) is 7.98. The molecule has 0 aliphatic carbocycles. The van der Waals surface area contributed by atoms with Crippen molar-refractivity contribution in [1.82, 2.24) is 0 Å². The van der Waals surface area contributed by atoms with Crippen LogP contribution in [0.15, 0.2) is 36.4 Å². The lowest BCUT2D eigenvalue weighted by Gasteiger charge is -2.15. The van der Waals surface area contributed by atoms with E-state index in [1.165, 1.54) is 7.11 Å². The van der Waals surface area contributed by atoms with Crippen LogP contribution in [0.1, 0.15) is 22.8 Å². The lowest BCUT2D eigenvalue weighted by molar-refractivity contribution is -0.116. The molecule has 6 heteroatoms. The highest BCUT2D eigenvalue weighted by atomic mass is 16.5. The van der Waals surface area contributed by atoms with Crippen molar-refractivity contribution >= 4 is 23.2 Å². The molecule has 1 aliphatic rings. The van der Waals surface area contributed by atoms with Crippen LogP contribution in [0.25, 0.3) is 0 Å². The Bertz CT molecular complexity index is 832. The third-order valence-corrected chi connectivity index (χ3v) is 4.27. The Morgan fingerprint density at radius 1 is 1.08 bits per heavy atom. The third-order valence-electron chi connectivity index (χ3n) is 4.27. The van der Waals surface area contributed by atoms with Crippen LogP contribution in [0.4, 0.5) is 11.4 Å². The number of carbonyl (C=O) groups excluding carboxylic acids is 2. The number of anilines is 2. The molecule has 0 saturated heterocycles. The molecule has 130 valence electrons. The SMILES string of the molecule is COc1ccc(NC(=O)c2ccc3c(c2)CCN3C(C)=O)c(OC)c1. The van der Waals surface area contributed by atoms with Crippen molar-refractivity contribution in [1.29, 1.82) is 0 Å². The summed E-state index contributed by atoms with van der Waals surface area (Å²) in [6.45, 7) is 2.20. The van der Waals surface area contributed by atoms with Gasteiger partial charge < -0.3 is 19.7 Å². The van der Waals surface area contributed by atoms with E-state index >= 15 is 0 Å². The Kier molecular flexibility index (Phi) is 4.61. The van der Waals surface area contributed by atoms with Crippen molar-refractivity contribution in [2.24, 2.45) is 0 Å². The molecule has 25 heavy (non-hydrogen) atoms. The first-order valence-corrected chi connectivity index (χ1v) is 7.98. The van der Waals surface area contributed by atoms with Crippen molar-refractivity contribution < 1.29 is 19.1 Å². The van der Waals surface area contributed by atoms with Gasteiger partial charge in [-0.3, -0.25) is 9.59 Å². The Labute approximate surface area is 146 Å². The molecular formula is C19H20N2O4. The molecule has 1 N–H and O–H groups in total. The first kappa shape index (κ1) is 16.8. The molecule has 1 heterocycles. The zero-order valence-electron chi connectivity index (χ0n) is 14.5. The summed E-state index contributed by atoms with van der Waals surface area (Å²) in [5.41, 5.74) is 3.00. The topological polar surface area (TPSA) is 67.9 Å². The van der Waals surface area contributed by atoms with E-state index in [9.17, 15) is 9.59 Å². The highest BCUT2D eigenvalue weighted by molar-refractivity contribution is 6.06.